The summed E-state index contributed by atoms with van der Waals surface area (Å²) in [7, 11) is 1.37. The van der Waals surface area contributed by atoms with Gasteiger partial charge >= 0.3 is 6.36 Å². The van der Waals surface area contributed by atoms with E-state index in [9.17, 15) is 13.2 Å². The summed E-state index contributed by atoms with van der Waals surface area (Å²) in [6.07, 6.45) is -4.76. The summed E-state index contributed by atoms with van der Waals surface area (Å²) in [6, 6.07) is 1.54. The van der Waals surface area contributed by atoms with E-state index in [1.165, 1.54) is 7.11 Å². The zero-order valence-electron chi connectivity index (χ0n) is 7.94. The molecule has 1 aromatic heterocycles. The van der Waals surface area contributed by atoms with E-state index >= 15 is 0 Å². The van der Waals surface area contributed by atoms with Crippen LogP contribution in [0.3, 0.4) is 0 Å². The van der Waals surface area contributed by atoms with Gasteiger partial charge < -0.3 is 9.47 Å². The Morgan fingerprint density at radius 1 is 1.50 bits per heavy atom. The number of hydrogen-bond donors (Lipinski definition) is 0. The van der Waals surface area contributed by atoms with Crippen LogP contribution in [-0.2, 0) is 5.33 Å². The summed E-state index contributed by atoms with van der Waals surface area (Å²) in [4.78, 5) is 3.71. The summed E-state index contributed by atoms with van der Waals surface area (Å²) in [6.45, 7) is 0. The third-order valence-electron chi connectivity index (χ3n) is 1.52. The van der Waals surface area contributed by atoms with Crippen LogP contribution in [0.1, 0.15) is 5.69 Å². The van der Waals surface area contributed by atoms with E-state index in [-0.39, 0.29) is 3.57 Å². The molecule has 0 aromatic carbocycles. The van der Waals surface area contributed by atoms with Gasteiger partial charge in [0, 0.05) is 11.4 Å². The molecule has 0 saturated heterocycles. The van der Waals surface area contributed by atoms with Crippen LogP contribution in [-0.4, -0.2) is 18.5 Å². The molecule has 1 aromatic rings. The van der Waals surface area contributed by atoms with Crippen LogP contribution in [0.4, 0.5) is 13.2 Å². The van der Waals surface area contributed by atoms with E-state index in [4.69, 9.17) is 4.74 Å². The molecular weight excluding hydrogens is 406 g/mol. The molecule has 0 radical (unpaired) electrons. The lowest BCUT2D eigenvalue weighted by atomic mass is 10.3. The van der Waals surface area contributed by atoms with Crippen molar-refractivity contribution in [3.8, 4) is 11.6 Å². The van der Waals surface area contributed by atoms with Crippen molar-refractivity contribution < 1.29 is 22.6 Å². The van der Waals surface area contributed by atoms with Gasteiger partial charge in [0.25, 0.3) is 0 Å². The Kier molecular flexibility index (Phi) is 4.65. The smallest absolute Gasteiger partial charge is 0.495 e. The first-order valence-corrected chi connectivity index (χ1v) is 6.12. The number of halogens is 5. The monoisotopic (exact) mass is 411 g/mol. The molecule has 3 nitrogen and oxygen atoms in total. The molecule has 0 bridgehead atoms. The zero-order chi connectivity index (χ0) is 12.3. The van der Waals surface area contributed by atoms with Gasteiger partial charge in [0.2, 0.25) is 5.88 Å². The van der Waals surface area contributed by atoms with E-state index in [1.54, 1.807) is 28.7 Å². The third-order valence-corrected chi connectivity index (χ3v) is 3.08. The highest BCUT2D eigenvalue weighted by molar-refractivity contribution is 14.1. The Hall–Kier alpha value is -0.250. The summed E-state index contributed by atoms with van der Waals surface area (Å²) < 4.78 is 45.1. The standard InChI is InChI=1S/C8H6BrF3INO2/c1-15-5-2-4(3-9)14-7(6(5)13)16-8(10,11)12/h2H,3H2,1H3. The Labute approximate surface area is 112 Å². The quantitative estimate of drug-likeness (QED) is 0.563. The van der Waals surface area contributed by atoms with Crippen molar-refractivity contribution in [2.45, 2.75) is 11.7 Å². The van der Waals surface area contributed by atoms with Gasteiger partial charge in [-0.25, -0.2) is 4.98 Å². The molecule has 0 atom stereocenters. The Morgan fingerprint density at radius 3 is 2.56 bits per heavy atom. The van der Waals surface area contributed by atoms with Crippen LogP contribution in [0.5, 0.6) is 11.6 Å². The number of nitrogens with zero attached hydrogens (tertiary/aromatic N) is 1. The van der Waals surface area contributed by atoms with E-state index in [0.29, 0.717) is 16.8 Å². The maximum absolute atomic E-state index is 12.1. The molecule has 1 heterocycles. The number of methoxy groups -OCH3 is 1. The third kappa shape index (κ3) is 3.65. The number of ether oxygens (including phenoxy) is 2. The van der Waals surface area contributed by atoms with Crippen LogP contribution in [0.2, 0.25) is 0 Å². The first kappa shape index (κ1) is 13.8. The summed E-state index contributed by atoms with van der Waals surface area (Å²) in [5.41, 5.74) is 0.400. The predicted octanol–water partition coefficient (Wildman–Crippen LogP) is 3.49. The number of alkyl halides is 4. The topological polar surface area (TPSA) is 31.4 Å². The first-order chi connectivity index (χ1) is 7.37. The van der Waals surface area contributed by atoms with Gasteiger partial charge in [-0.05, 0) is 22.6 Å². The minimum Gasteiger partial charge on any atom is -0.495 e. The molecular formula is C8H6BrF3INO2. The van der Waals surface area contributed by atoms with E-state index in [2.05, 4.69) is 25.7 Å². The number of rotatable bonds is 3. The lowest BCUT2D eigenvalue weighted by Crippen LogP contribution is -2.19. The summed E-state index contributed by atoms with van der Waals surface area (Å²) in [5, 5.41) is 0.314. The second kappa shape index (κ2) is 5.39. The molecule has 0 aliphatic carbocycles. The predicted molar refractivity (Wildman–Crippen MR) is 62.8 cm³/mol. The molecule has 0 N–H and O–H groups in total. The molecule has 8 heteroatoms. The number of pyridine rings is 1. The van der Waals surface area contributed by atoms with E-state index in [0.717, 1.165) is 0 Å². The van der Waals surface area contributed by atoms with Crippen LogP contribution in [0.25, 0.3) is 0 Å². The van der Waals surface area contributed by atoms with E-state index < -0.39 is 12.2 Å². The van der Waals surface area contributed by atoms with Crippen LogP contribution >= 0.6 is 38.5 Å². The lowest BCUT2D eigenvalue weighted by molar-refractivity contribution is -0.276. The molecule has 16 heavy (non-hydrogen) atoms. The summed E-state index contributed by atoms with van der Waals surface area (Å²) in [5.74, 6) is -0.203. The SMILES string of the molecule is COc1cc(CBr)nc(OC(F)(F)F)c1I. The molecule has 0 fully saturated rings. The maximum atomic E-state index is 12.1. The highest BCUT2D eigenvalue weighted by Gasteiger charge is 2.33. The van der Waals surface area contributed by atoms with Gasteiger partial charge in [-0.15, -0.1) is 13.2 Å². The minimum atomic E-state index is -4.76. The molecule has 1 rings (SSSR count). The van der Waals surface area contributed by atoms with Gasteiger partial charge in [-0.1, -0.05) is 15.9 Å². The van der Waals surface area contributed by atoms with Crippen molar-refractivity contribution in [3.05, 3.63) is 15.3 Å². The van der Waals surface area contributed by atoms with Crippen molar-refractivity contribution in [2.75, 3.05) is 7.11 Å². The average molecular weight is 412 g/mol. The largest absolute Gasteiger partial charge is 0.574 e. The molecule has 90 valence electrons. The number of aromatic nitrogens is 1. The van der Waals surface area contributed by atoms with Gasteiger partial charge in [0.15, 0.2) is 0 Å². The molecule has 0 spiro atoms. The van der Waals surface area contributed by atoms with Crippen molar-refractivity contribution in [1.82, 2.24) is 4.98 Å². The fourth-order valence-corrected chi connectivity index (χ4v) is 1.82. The van der Waals surface area contributed by atoms with E-state index in [1.807, 2.05) is 0 Å². The first-order valence-electron chi connectivity index (χ1n) is 3.92. The fourth-order valence-electron chi connectivity index (χ4n) is 0.926. The Bertz CT molecular complexity index is 386. The highest BCUT2D eigenvalue weighted by Crippen LogP contribution is 2.33. The van der Waals surface area contributed by atoms with Crippen molar-refractivity contribution in [2.24, 2.45) is 0 Å². The molecule has 0 amide bonds. The maximum Gasteiger partial charge on any atom is 0.574 e. The minimum absolute atomic E-state index is 0.183. The van der Waals surface area contributed by atoms with Crippen LogP contribution in [0.15, 0.2) is 6.07 Å². The molecule has 0 aliphatic rings. The van der Waals surface area contributed by atoms with Crippen LogP contribution < -0.4 is 9.47 Å². The van der Waals surface area contributed by atoms with Crippen molar-refractivity contribution in [3.63, 3.8) is 0 Å². The second-order valence-corrected chi connectivity index (χ2v) is 4.26. The fraction of sp³-hybridized carbons (Fsp3) is 0.375. The Morgan fingerprint density at radius 2 is 2.12 bits per heavy atom. The molecule has 0 saturated carbocycles. The second-order valence-electron chi connectivity index (χ2n) is 2.62. The molecule has 0 aliphatic heterocycles. The van der Waals surface area contributed by atoms with Crippen LogP contribution in [0, 0.1) is 3.57 Å². The molecule has 0 unspecified atom stereocenters. The zero-order valence-corrected chi connectivity index (χ0v) is 11.7. The van der Waals surface area contributed by atoms with Gasteiger partial charge in [-0.3, -0.25) is 0 Å². The van der Waals surface area contributed by atoms with Gasteiger partial charge in [-0.2, -0.15) is 0 Å². The van der Waals surface area contributed by atoms with Gasteiger partial charge in [0.1, 0.15) is 9.32 Å². The summed E-state index contributed by atoms with van der Waals surface area (Å²) >= 11 is 4.79. The van der Waals surface area contributed by atoms with Crippen molar-refractivity contribution >= 4 is 38.5 Å². The number of hydrogen-bond acceptors (Lipinski definition) is 3. The highest BCUT2D eigenvalue weighted by atomic mass is 127. The normalized spacial score (nSPS) is 11.4. The lowest BCUT2D eigenvalue weighted by Gasteiger charge is -2.12. The van der Waals surface area contributed by atoms with Gasteiger partial charge in [0.05, 0.1) is 12.8 Å². The Balaban J connectivity index is 3.16. The van der Waals surface area contributed by atoms with Crippen molar-refractivity contribution in [1.29, 1.82) is 0 Å². The average Bonchev–Trinajstić information content (AvgIpc) is 2.19.